The van der Waals surface area contributed by atoms with Crippen molar-refractivity contribution >= 4 is 91.0 Å². The second-order valence-corrected chi connectivity index (χ2v) is 28.3. The van der Waals surface area contributed by atoms with E-state index in [0.717, 1.165) is 72.2 Å². The Bertz CT molecular complexity index is 5930. The Morgan fingerprint density at radius 3 is 0.991 bits per heavy atom. The lowest BCUT2D eigenvalue weighted by molar-refractivity contribution is 0.0975. The average Bonchev–Trinajstić information content (AvgIpc) is 1.56. The van der Waals surface area contributed by atoms with Gasteiger partial charge in [0, 0.05) is 56.1 Å². The molecule has 0 unspecified atom stereocenters. The number of anilines is 6. The molecule has 0 N–H and O–H groups in total. The number of hydrogen-bond donors (Lipinski definition) is 0. The number of fused-ring (bicyclic) bond motifs is 7. The van der Waals surface area contributed by atoms with E-state index in [1.165, 1.54) is 78.0 Å². The molecule has 0 atom stereocenters. The number of allylic oxidation sites excluding steroid dienone is 2. The summed E-state index contributed by atoms with van der Waals surface area (Å²) in [5.74, 6) is -0.857. The van der Waals surface area contributed by atoms with Gasteiger partial charge in [-0.3, -0.25) is 19.2 Å². The topological polar surface area (TPSA) is 74.8 Å². The van der Waals surface area contributed by atoms with Gasteiger partial charge in [-0.25, -0.2) is 0 Å². The minimum atomic E-state index is -0.221. The van der Waals surface area contributed by atoms with Gasteiger partial charge < -0.3 is 9.80 Å². The molecular weight excluding hydrogens is 1290 g/mol. The van der Waals surface area contributed by atoms with E-state index >= 15 is 0 Å². The Morgan fingerprint density at radius 1 is 0.255 bits per heavy atom. The smallest absolute Gasteiger partial charge is 0.197 e. The van der Waals surface area contributed by atoms with E-state index < -0.39 is 0 Å². The van der Waals surface area contributed by atoms with E-state index in [4.69, 9.17) is 0 Å². The molecular formula is C100H72N2O4. The molecule has 0 radical (unpaired) electrons. The third-order valence-electron chi connectivity index (χ3n) is 21.2. The zero-order chi connectivity index (χ0) is 72.3. The van der Waals surface area contributed by atoms with Gasteiger partial charge in [-0.05, 0) is 216 Å². The first kappa shape index (κ1) is 65.9. The average molecular weight is 1370 g/mol. The van der Waals surface area contributed by atoms with Crippen LogP contribution < -0.4 is 9.80 Å². The Morgan fingerprint density at radius 2 is 0.566 bits per heavy atom. The molecule has 0 bridgehead atoms. The summed E-state index contributed by atoms with van der Waals surface area (Å²) in [4.78, 5) is 57.0. The van der Waals surface area contributed by atoms with Gasteiger partial charge in [-0.2, -0.15) is 0 Å². The third-order valence-corrected chi connectivity index (χ3v) is 21.2. The standard InChI is InChI=1S/C56H37NO2.C44H35NO2/c58-55-52-21-11-12-22-53(52)56(59)54(55)36-38-23-24-44-37-47(34-29-43(44)35-38)57(45-30-25-41(26-31-45)50-19-9-7-17-48(50)39-13-3-1-4-14-39)46-32-27-42(28-33-46)51-20-10-8-18-49(51)40-15-5-2-6-16-40;1-26-20-27(2)41(28(3)21-26)45(33-18-19-35-34-10-8-9-13-39(34)44(4,5)40(35)25-33)32-17-16-30-22-29(14-15-31(30)24-32)23-38-42(46)36-11-6-7-12-37(36)43(38)47/h1-37H;6-25H,1-5H3. The largest absolute Gasteiger partial charge is 0.310 e. The van der Waals surface area contributed by atoms with Crippen LogP contribution >= 0.6 is 0 Å². The van der Waals surface area contributed by atoms with Crippen molar-refractivity contribution in [1.29, 1.82) is 0 Å². The van der Waals surface area contributed by atoms with Crippen molar-refractivity contribution in [2.24, 2.45) is 0 Å². The lowest BCUT2D eigenvalue weighted by Crippen LogP contribution is -2.17. The van der Waals surface area contributed by atoms with Gasteiger partial charge in [0.25, 0.3) is 0 Å². The van der Waals surface area contributed by atoms with Gasteiger partial charge in [0.15, 0.2) is 23.1 Å². The maximum Gasteiger partial charge on any atom is 0.197 e. The SMILES string of the molecule is Cc1cc(C)c(N(c2ccc3c(c2)C(C)(C)c2ccccc2-3)c2ccc3cc(C=C4C(=O)c5ccccc5C4=O)ccc3c2)c(C)c1.O=C1C(=Cc2ccc3cc(N(c4ccc(-c5ccccc5-c5ccccc5)cc4)c4ccc(-c5ccccc5-c5ccccc5)cc4)ccc3c2)C(=O)c2ccccc21. The maximum absolute atomic E-state index is 13.1. The molecule has 106 heavy (non-hydrogen) atoms. The zero-order valence-corrected chi connectivity index (χ0v) is 59.4. The molecule has 3 aliphatic carbocycles. The van der Waals surface area contributed by atoms with Crippen LogP contribution in [0.25, 0.3) is 89.3 Å². The van der Waals surface area contributed by atoms with Crippen LogP contribution in [0.3, 0.4) is 0 Å². The molecule has 6 nitrogen and oxygen atoms in total. The minimum absolute atomic E-state index is 0.108. The summed E-state index contributed by atoms with van der Waals surface area (Å²) >= 11 is 0. The number of aryl methyl sites for hydroxylation is 3. The van der Waals surface area contributed by atoms with E-state index in [1.54, 1.807) is 60.7 Å². The van der Waals surface area contributed by atoms with E-state index in [2.05, 4.69) is 299 Å². The number of carbonyl (C=O) groups excluding carboxylic acids is 4. The van der Waals surface area contributed by atoms with E-state index in [0.29, 0.717) is 22.3 Å². The highest BCUT2D eigenvalue weighted by Gasteiger charge is 2.37. The molecule has 0 saturated carbocycles. The Balaban J connectivity index is 0.000000160. The summed E-state index contributed by atoms with van der Waals surface area (Å²) in [6.07, 6.45) is 3.45. The first-order valence-electron chi connectivity index (χ1n) is 36.0. The van der Waals surface area contributed by atoms with Gasteiger partial charge in [-0.1, -0.05) is 280 Å². The van der Waals surface area contributed by atoms with Crippen LogP contribution in [0.1, 0.15) is 94.2 Å². The van der Waals surface area contributed by atoms with Crippen molar-refractivity contribution in [2.45, 2.75) is 40.0 Å². The molecule has 3 aliphatic rings. The predicted molar refractivity (Wildman–Crippen MR) is 437 cm³/mol. The van der Waals surface area contributed by atoms with Gasteiger partial charge in [0.1, 0.15) is 0 Å². The van der Waals surface area contributed by atoms with Crippen LogP contribution in [0, 0.1) is 20.8 Å². The number of rotatable bonds is 12. The van der Waals surface area contributed by atoms with Crippen LogP contribution in [0.5, 0.6) is 0 Å². The highest BCUT2D eigenvalue weighted by Crippen LogP contribution is 2.52. The molecule has 506 valence electrons. The summed E-state index contributed by atoms with van der Waals surface area (Å²) in [5.41, 5.74) is 28.7. The maximum atomic E-state index is 13.1. The molecule has 0 aromatic heterocycles. The summed E-state index contributed by atoms with van der Waals surface area (Å²) in [6.45, 7) is 11.2. The number of ketones is 4. The van der Waals surface area contributed by atoms with Crippen molar-refractivity contribution < 1.29 is 19.2 Å². The third kappa shape index (κ3) is 12.0. The van der Waals surface area contributed by atoms with Crippen molar-refractivity contribution in [3.63, 3.8) is 0 Å². The van der Waals surface area contributed by atoms with E-state index in [-0.39, 0.29) is 39.7 Å². The fourth-order valence-corrected chi connectivity index (χ4v) is 16.1. The summed E-state index contributed by atoms with van der Waals surface area (Å²) in [6, 6.07) is 115. The molecule has 0 saturated heterocycles. The molecule has 6 heteroatoms. The van der Waals surface area contributed by atoms with Crippen LogP contribution in [0.15, 0.2) is 345 Å². The van der Waals surface area contributed by atoms with E-state index in [1.807, 2.05) is 30.3 Å². The summed E-state index contributed by atoms with van der Waals surface area (Å²) < 4.78 is 0. The molecule has 0 heterocycles. The minimum Gasteiger partial charge on any atom is -0.310 e. The van der Waals surface area contributed by atoms with Gasteiger partial charge in [0.05, 0.1) is 16.8 Å². The molecule has 0 spiro atoms. The molecule has 0 aliphatic heterocycles. The van der Waals surface area contributed by atoms with Crippen molar-refractivity contribution in [3.05, 3.63) is 406 Å². The van der Waals surface area contributed by atoms with Crippen LogP contribution in [-0.4, -0.2) is 23.1 Å². The monoisotopic (exact) mass is 1360 g/mol. The number of carbonyl (C=O) groups is 4. The lowest BCUT2D eigenvalue weighted by Gasteiger charge is -2.31. The first-order valence-corrected chi connectivity index (χ1v) is 36.0. The molecule has 15 aromatic rings. The van der Waals surface area contributed by atoms with Crippen molar-refractivity contribution in [3.8, 4) is 55.6 Å². The first-order chi connectivity index (χ1) is 51.7. The number of Topliss-reactive ketones (excluding diaryl/α,β-unsaturated/α-hetero) is 4. The van der Waals surface area contributed by atoms with Gasteiger partial charge >= 0.3 is 0 Å². The Kier molecular flexibility index (Phi) is 16.8. The normalized spacial score (nSPS) is 13.1. The van der Waals surface area contributed by atoms with Gasteiger partial charge in [-0.15, -0.1) is 0 Å². The summed E-state index contributed by atoms with van der Waals surface area (Å²) in [5, 5.41) is 4.18. The Hall–Kier alpha value is -13.4. The molecule has 0 amide bonds. The van der Waals surface area contributed by atoms with Crippen molar-refractivity contribution in [2.75, 3.05) is 9.80 Å². The molecule has 0 fully saturated rings. The molecule has 15 aromatic carbocycles. The van der Waals surface area contributed by atoms with Crippen molar-refractivity contribution in [1.82, 2.24) is 0 Å². The number of nitrogens with zero attached hydrogens (tertiary/aromatic N) is 2. The lowest BCUT2D eigenvalue weighted by atomic mass is 9.82. The fourth-order valence-electron chi connectivity index (χ4n) is 16.1. The predicted octanol–water partition coefficient (Wildman–Crippen LogP) is 25.4. The highest BCUT2D eigenvalue weighted by atomic mass is 16.2. The second-order valence-electron chi connectivity index (χ2n) is 28.3. The zero-order valence-electron chi connectivity index (χ0n) is 59.4. The fraction of sp³-hybridized carbons (Fsp3) is 0.0600. The molecule has 18 rings (SSSR count). The van der Waals surface area contributed by atoms with Crippen LogP contribution in [0.2, 0.25) is 0 Å². The number of benzene rings is 15. The van der Waals surface area contributed by atoms with Crippen LogP contribution in [0.4, 0.5) is 34.1 Å². The summed E-state index contributed by atoms with van der Waals surface area (Å²) in [7, 11) is 0. The van der Waals surface area contributed by atoms with E-state index in [9.17, 15) is 19.2 Å². The Labute approximate surface area is 617 Å². The number of hydrogen-bond acceptors (Lipinski definition) is 6. The highest BCUT2D eigenvalue weighted by molar-refractivity contribution is 6.42. The van der Waals surface area contributed by atoms with Crippen LogP contribution in [-0.2, 0) is 5.41 Å². The quantitative estimate of drug-likeness (QED) is 0.0896. The van der Waals surface area contributed by atoms with Gasteiger partial charge in [0.2, 0.25) is 0 Å². The second kappa shape index (κ2) is 27.1.